The normalized spacial score (nSPS) is 19.8. The second kappa shape index (κ2) is 7.09. The van der Waals surface area contributed by atoms with E-state index in [0.717, 1.165) is 42.7 Å². The van der Waals surface area contributed by atoms with E-state index in [-0.39, 0.29) is 5.91 Å². The number of carbonyl (C=O) groups excluding carboxylic acids is 1. The Balaban J connectivity index is 2.00. The zero-order valence-electron chi connectivity index (χ0n) is 11.8. The van der Waals surface area contributed by atoms with Gasteiger partial charge in [0.25, 0.3) is 0 Å². The summed E-state index contributed by atoms with van der Waals surface area (Å²) < 4.78 is 6.45. The highest BCUT2D eigenvalue weighted by Crippen LogP contribution is 2.27. The van der Waals surface area contributed by atoms with Crippen molar-refractivity contribution in [2.45, 2.75) is 25.8 Å². The number of ether oxygens (including phenoxy) is 1. The van der Waals surface area contributed by atoms with Crippen LogP contribution in [0.5, 0.6) is 5.75 Å². The predicted octanol–water partition coefficient (Wildman–Crippen LogP) is 2.55. The lowest BCUT2D eigenvalue weighted by molar-refractivity contribution is -0.119. The second-order valence-corrected chi connectivity index (χ2v) is 6.29. The lowest BCUT2D eigenvalue weighted by atomic mass is 9.94. The fraction of sp³-hybridized carbons (Fsp3) is 0.533. The molecule has 1 heterocycles. The first-order valence-electron chi connectivity index (χ1n) is 6.91. The maximum Gasteiger partial charge on any atom is 0.217 e. The first-order chi connectivity index (χ1) is 9.58. The molecule has 0 radical (unpaired) electrons. The number of piperidine rings is 1. The molecule has 1 atom stereocenters. The van der Waals surface area contributed by atoms with E-state index in [9.17, 15) is 4.79 Å². The molecule has 1 aliphatic heterocycles. The minimum Gasteiger partial charge on any atom is -0.496 e. The highest BCUT2D eigenvalue weighted by molar-refractivity contribution is 9.10. The molecular formula is C15H21BrN2O2. The summed E-state index contributed by atoms with van der Waals surface area (Å²) in [7, 11) is 1.69. The van der Waals surface area contributed by atoms with E-state index in [0.29, 0.717) is 12.3 Å². The number of carbonyl (C=O) groups is 1. The molecule has 1 aliphatic rings. The first kappa shape index (κ1) is 15.3. The number of halogens is 1. The van der Waals surface area contributed by atoms with Crippen molar-refractivity contribution in [3.05, 3.63) is 28.2 Å². The Kier molecular flexibility index (Phi) is 5.43. The van der Waals surface area contributed by atoms with Gasteiger partial charge in [0.2, 0.25) is 5.91 Å². The summed E-state index contributed by atoms with van der Waals surface area (Å²) in [6, 6.07) is 6.10. The van der Waals surface area contributed by atoms with Crippen molar-refractivity contribution < 1.29 is 9.53 Å². The highest BCUT2D eigenvalue weighted by atomic mass is 79.9. The zero-order valence-corrected chi connectivity index (χ0v) is 13.4. The van der Waals surface area contributed by atoms with Crippen LogP contribution in [0.15, 0.2) is 22.7 Å². The fourth-order valence-corrected chi connectivity index (χ4v) is 3.18. The molecule has 20 heavy (non-hydrogen) atoms. The maximum atomic E-state index is 11.0. The van der Waals surface area contributed by atoms with Gasteiger partial charge in [-0.3, -0.25) is 9.69 Å². The summed E-state index contributed by atoms with van der Waals surface area (Å²) in [5.74, 6) is 1.09. The summed E-state index contributed by atoms with van der Waals surface area (Å²) in [4.78, 5) is 13.4. The Morgan fingerprint density at radius 3 is 3.05 bits per heavy atom. The third-order valence-corrected chi connectivity index (χ3v) is 4.23. The van der Waals surface area contributed by atoms with Gasteiger partial charge >= 0.3 is 0 Å². The van der Waals surface area contributed by atoms with Gasteiger partial charge in [0.1, 0.15) is 5.75 Å². The minimum absolute atomic E-state index is 0.196. The average Bonchev–Trinajstić information content (AvgIpc) is 2.40. The number of primary amides is 1. The summed E-state index contributed by atoms with van der Waals surface area (Å²) in [6.07, 6.45) is 2.71. The number of amides is 1. The van der Waals surface area contributed by atoms with Gasteiger partial charge in [0.05, 0.1) is 7.11 Å². The van der Waals surface area contributed by atoms with Crippen molar-refractivity contribution in [3.63, 3.8) is 0 Å². The first-order valence-corrected chi connectivity index (χ1v) is 7.71. The molecule has 0 aromatic heterocycles. The van der Waals surface area contributed by atoms with Crippen molar-refractivity contribution in [1.29, 1.82) is 0 Å². The lowest BCUT2D eigenvalue weighted by Gasteiger charge is -2.32. The largest absolute Gasteiger partial charge is 0.496 e. The van der Waals surface area contributed by atoms with Crippen LogP contribution in [0.2, 0.25) is 0 Å². The fourth-order valence-electron chi connectivity index (χ4n) is 2.84. The smallest absolute Gasteiger partial charge is 0.217 e. The molecule has 2 N–H and O–H groups in total. The number of nitrogens with zero attached hydrogens (tertiary/aromatic N) is 1. The van der Waals surface area contributed by atoms with E-state index < -0.39 is 0 Å². The van der Waals surface area contributed by atoms with Gasteiger partial charge in [-0.05, 0) is 37.4 Å². The van der Waals surface area contributed by atoms with E-state index in [2.05, 4.69) is 26.9 Å². The molecule has 5 heteroatoms. The number of nitrogens with two attached hydrogens (primary N) is 1. The monoisotopic (exact) mass is 340 g/mol. The van der Waals surface area contributed by atoms with Gasteiger partial charge in [-0.2, -0.15) is 0 Å². The molecule has 1 aromatic rings. The van der Waals surface area contributed by atoms with E-state index in [1.54, 1.807) is 7.11 Å². The van der Waals surface area contributed by atoms with E-state index in [1.165, 1.54) is 5.56 Å². The molecule has 0 saturated carbocycles. The van der Waals surface area contributed by atoms with Crippen LogP contribution < -0.4 is 10.5 Å². The number of benzene rings is 1. The van der Waals surface area contributed by atoms with Crippen LogP contribution >= 0.6 is 15.9 Å². The van der Waals surface area contributed by atoms with Crippen LogP contribution in [-0.4, -0.2) is 31.0 Å². The Hall–Kier alpha value is -1.07. The molecule has 0 spiro atoms. The van der Waals surface area contributed by atoms with Crippen LogP contribution in [0.25, 0.3) is 0 Å². The van der Waals surface area contributed by atoms with Gasteiger partial charge < -0.3 is 10.5 Å². The van der Waals surface area contributed by atoms with Gasteiger partial charge in [-0.15, -0.1) is 0 Å². The molecule has 0 bridgehead atoms. The molecule has 1 aromatic carbocycles. The van der Waals surface area contributed by atoms with Crippen molar-refractivity contribution >= 4 is 21.8 Å². The van der Waals surface area contributed by atoms with Gasteiger partial charge in [0.15, 0.2) is 0 Å². The maximum absolute atomic E-state index is 11.0. The SMILES string of the molecule is COc1cc(Br)ccc1CN1CCCC(CC(N)=O)C1. The zero-order chi connectivity index (χ0) is 14.5. The van der Waals surface area contributed by atoms with Crippen molar-refractivity contribution in [3.8, 4) is 5.75 Å². The third-order valence-electron chi connectivity index (χ3n) is 3.74. The van der Waals surface area contributed by atoms with Crippen LogP contribution in [0, 0.1) is 5.92 Å². The van der Waals surface area contributed by atoms with E-state index in [4.69, 9.17) is 10.5 Å². The topological polar surface area (TPSA) is 55.6 Å². The molecule has 1 saturated heterocycles. The number of likely N-dealkylation sites (tertiary alicyclic amines) is 1. The standard InChI is InChI=1S/C15H21BrN2O2/c1-20-14-8-13(16)5-4-12(14)10-18-6-2-3-11(9-18)7-15(17)19/h4-5,8,11H,2-3,6-7,9-10H2,1H3,(H2,17,19). The molecule has 1 fully saturated rings. The Labute approximate surface area is 128 Å². The van der Waals surface area contributed by atoms with E-state index in [1.807, 2.05) is 12.1 Å². The van der Waals surface area contributed by atoms with Gasteiger partial charge in [0, 0.05) is 29.5 Å². The summed E-state index contributed by atoms with van der Waals surface area (Å²) >= 11 is 3.45. The third kappa shape index (κ3) is 4.21. The van der Waals surface area contributed by atoms with Gasteiger partial charge in [-0.25, -0.2) is 0 Å². The van der Waals surface area contributed by atoms with Crippen molar-refractivity contribution in [2.75, 3.05) is 20.2 Å². The van der Waals surface area contributed by atoms with Crippen LogP contribution in [0.1, 0.15) is 24.8 Å². The summed E-state index contributed by atoms with van der Waals surface area (Å²) in [5, 5.41) is 0. The summed E-state index contributed by atoms with van der Waals surface area (Å²) in [6.45, 7) is 2.85. The number of methoxy groups -OCH3 is 1. The molecule has 1 unspecified atom stereocenters. The Morgan fingerprint density at radius 1 is 1.55 bits per heavy atom. The van der Waals surface area contributed by atoms with Crippen LogP contribution in [0.3, 0.4) is 0 Å². The van der Waals surface area contributed by atoms with Crippen LogP contribution in [-0.2, 0) is 11.3 Å². The van der Waals surface area contributed by atoms with Crippen molar-refractivity contribution in [1.82, 2.24) is 4.90 Å². The molecule has 2 rings (SSSR count). The molecule has 110 valence electrons. The second-order valence-electron chi connectivity index (χ2n) is 5.37. The van der Waals surface area contributed by atoms with Gasteiger partial charge in [-0.1, -0.05) is 22.0 Å². The lowest BCUT2D eigenvalue weighted by Crippen LogP contribution is -2.36. The quantitative estimate of drug-likeness (QED) is 0.896. The number of hydrogen-bond donors (Lipinski definition) is 1. The average molecular weight is 341 g/mol. The molecule has 0 aliphatic carbocycles. The number of rotatable bonds is 5. The molecule has 1 amide bonds. The predicted molar refractivity (Wildman–Crippen MR) is 82.5 cm³/mol. The molecular weight excluding hydrogens is 320 g/mol. The Bertz CT molecular complexity index is 479. The van der Waals surface area contributed by atoms with Crippen molar-refractivity contribution in [2.24, 2.45) is 11.7 Å². The summed E-state index contributed by atoms with van der Waals surface area (Å²) in [5.41, 5.74) is 6.48. The minimum atomic E-state index is -0.196. The Morgan fingerprint density at radius 2 is 2.35 bits per heavy atom. The number of hydrogen-bond acceptors (Lipinski definition) is 3. The van der Waals surface area contributed by atoms with Crippen LogP contribution in [0.4, 0.5) is 0 Å². The highest BCUT2D eigenvalue weighted by Gasteiger charge is 2.22. The molecule has 4 nitrogen and oxygen atoms in total. The van der Waals surface area contributed by atoms with E-state index >= 15 is 0 Å².